The van der Waals surface area contributed by atoms with Crippen molar-refractivity contribution in [2.75, 3.05) is 47.5 Å². The Morgan fingerprint density at radius 3 is 1.62 bits per heavy atom. The van der Waals surface area contributed by atoms with Crippen molar-refractivity contribution >= 4 is 19.8 Å². The molecule has 0 aromatic rings. The Kier molecular flexibility index (Phi) is 37.9. The van der Waals surface area contributed by atoms with Crippen molar-refractivity contribution in [1.29, 1.82) is 0 Å². The number of allylic oxidation sites excluding steroid dienone is 9. The molecule has 0 heterocycles. The molecule has 0 aliphatic heterocycles. The van der Waals surface area contributed by atoms with Crippen molar-refractivity contribution in [1.82, 2.24) is 0 Å². The molecule has 0 aromatic heterocycles. The molecule has 0 rings (SSSR count). The fourth-order valence-electron chi connectivity index (χ4n) is 5.91. The normalized spacial score (nSPS) is 15.1. The van der Waals surface area contributed by atoms with E-state index in [1.54, 1.807) is 0 Å². The van der Waals surface area contributed by atoms with Gasteiger partial charge in [0.25, 0.3) is 0 Å². The third-order valence-corrected chi connectivity index (χ3v) is 10.7. The number of carbonyl (C=O) groups is 2. The Morgan fingerprint density at radius 2 is 1.07 bits per heavy atom. The number of hydrogen-bond donors (Lipinski definition) is 3. The number of aliphatic hydroxyl groups is 2. The molecule has 0 fully saturated rings. The second kappa shape index (κ2) is 39.5. The van der Waals surface area contributed by atoms with Crippen LogP contribution in [0.3, 0.4) is 0 Å². The Hall–Kier alpha value is -2.37. The highest BCUT2D eigenvalue weighted by molar-refractivity contribution is 7.47. The van der Waals surface area contributed by atoms with E-state index >= 15 is 0 Å². The van der Waals surface area contributed by atoms with Crippen molar-refractivity contribution < 1.29 is 52.3 Å². The van der Waals surface area contributed by atoms with Crippen LogP contribution in [0.25, 0.3) is 0 Å². The monoisotopic (exact) mass is 869 g/mol. The van der Waals surface area contributed by atoms with E-state index in [2.05, 4.69) is 62.5 Å². The maximum atomic E-state index is 12.7. The molecule has 0 saturated heterocycles. The van der Waals surface area contributed by atoms with E-state index in [9.17, 15) is 29.3 Å². The molecule has 0 amide bonds. The van der Waals surface area contributed by atoms with Gasteiger partial charge >= 0.3 is 19.8 Å². The van der Waals surface area contributed by atoms with E-state index in [0.717, 1.165) is 57.8 Å². The van der Waals surface area contributed by atoms with E-state index < -0.39 is 44.7 Å². The molecule has 3 unspecified atom stereocenters. The average Bonchev–Trinajstić information content (AvgIpc) is 3.19. The lowest BCUT2D eigenvalue weighted by molar-refractivity contribution is -0.870. The van der Waals surface area contributed by atoms with Crippen molar-refractivity contribution in [3.05, 3.63) is 60.8 Å². The Bertz CT molecular complexity index is 1240. The lowest BCUT2D eigenvalue weighted by atomic mass is 10.0. The smallest absolute Gasteiger partial charge is 0.462 e. The van der Waals surface area contributed by atoms with Gasteiger partial charge in [-0.25, -0.2) is 4.57 Å². The van der Waals surface area contributed by atoms with Crippen LogP contribution in [0.5, 0.6) is 0 Å². The van der Waals surface area contributed by atoms with Crippen molar-refractivity contribution in [2.45, 2.75) is 186 Å². The van der Waals surface area contributed by atoms with Crippen LogP contribution in [-0.2, 0) is 32.7 Å². The van der Waals surface area contributed by atoms with Gasteiger partial charge in [0, 0.05) is 12.8 Å². The van der Waals surface area contributed by atoms with E-state index in [4.69, 9.17) is 18.5 Å². The second-order valence-corrected chi connectivity index (χ2v) is 18.2. The van der Waals surface area contributed by atoms with E-state index in [1.807, 2.05) is 33.3 Å². The summed E-state index contributed by atoms with van der Waals surface area (Å²) < 4.78 is 34.1. The summed E-state index contributed by atoms with van der Waals surface area (Å²) in [5.74, 6) is -1.10. The summed E-state index contributed by atoms with van der Waals surface area (Å²) in [6, 6.07) is 0. The number of likely N-dealkylation sites (N-methyl/N-ethyl adjacent to an activating group) is 1. The zero-order chi connectivity index (χ0) is 44.6. The van der Waals surface area contributed by atoms with Crippen LogP contribution >= 0.6 is 7.82 Å². The number of phosphoric ester groups is 1. The summed E-state index contributed by atoms with van der Waals surface area (Å²) in [4.78, 5) is 35.5. The molecule has 0 saturated carbocycles. The van der Waals surface area contributed by atoms with E-state index in [1.165, 1.54) is 57.8 Å². The fraction of sp³-hybridized carbons (Fsp3) is 0.750. The number of hydrogen-bond acceptors (Lipinski definition) is 9. The van der Waals surface area contributed by atoms with Crippen LogP contribution in [0.2, 0.25) is 0 Å². The maximum Gasteiger partial charge on any atom is 0.472 e. The number of aliphatic hydroxyl groups excluding tert-OH is 2. The molecule has 3 N–H and O–H groups in total. The molecule has 0 aliphatic carbocycles. The summed E-state index contributed by atoms with van der Waals surface area (Å²) in [6.45, 7) is 4.02. The van der Waals surface area contributed by atoms with E-state index in [-0.39, 0.29) is 38.9 Å². The predicted octanol–water partition coefficient (Wildman–Crippen LogP) is 11.2. The predicted molar refractivity (Wildman–Crippen MR) is 245 cm³/mol. The average molecular weight is 869 g/mol. The van der Waals surface area contributed by atoms with Gasteiger partial charge in [-0.3, -0.25) is 18.6 Å². The SMILES string of the molecule is CCCCC/C=C\C/C=C\C/C=C\CC(O)C(O)CCCC(=O)OC[C@H](COP(=O)(O)OCC[N+](C)(C)C)OC(=O)CCCCCCCCC/C=C\C/C=C\CCCCC. The quantitative estimate of drug-likeness (QED) is 0.0178. The van der Waals surface area contributed by atoms with Gasteiger partial charge in [-0.1, -0.05) is 132 Å². The highest BCUT2D eigenvalue weighted by Gasteiger charge is 2.27. The van der Waals surface area contributed by atoms with Crippen LogP contribution in [0.15, 0.2) is 60.8 Å². The molecule has 4 atom stereocenters. The number of quaternary nitrogens is 1. The highest BCUT2D eigenvalue weighted by Crippen LogP contribution is 2.43. The minimum Gasteiger partial charge on any atom is -0.462 e. The first-order valence-corrected chi connectivity index (χ1v) is 24.7. The summed E-state index contributed by atoms with van der Waals surface area (Å²) in [5, 5.41) is 20.7. The van der Waals surface area contributed by atoms with Gasteiger partial charge in [0.15, 0.2) is 6.10 Å². The lowest BCUT2D eigenvalue weighted by Gasteiger charge is -2.24. The number of nitrogens with zero attached hydrogens (tertiary/aromatic N) is 1. The molecule has 0 spiro atoms. The van der Waals surface area contributed by atoms with Crippen LogP contribution in [0.4, 0.5) is 0 Å². The van der Waals surface area contributed by atoms with Gasteiger partial charge in [-0.2, -0.15) is 0 Å². The van der Waals surface area contributed by atoms with E-state index in [0.29, 0.717) is 23.9 Å². The summed E-state index contributed by atoms with van der Waals surface area (Å²) in [7, 11) is 1.31. The maximum absolute atomic E-state index is 12.7. The molecule has 11 nitrogen and oxygen atoms in total. The first-order valence-electron chi connectivity index (χ1n) is 23.2. The fourth-order valence-corrected chi connectivity index (χ4v) is 6.65. The number of carbonyl (C=O) groups excluding carboxylic acids is 2. The standard InChI is InChI=1S/C48H86NO10P/c1-6-8-10-12-14-16-18-20-21-22-23-24-26-28-30-32-34-38-48(53)59-44(43-58-60(54,55)57-41-40-49(3,4)5)42-56-47(52)39-35-37-46(51)45(50)36-33-31-29-27-25-19-17-15-13-11-9-7-2/h14-17,20-21,25,27,31,33,44-46,50-51H,6-13,18-19,22-24,26,28-30,32,34-43H2,1-5H3/p+1/b16-14-,17-15-,21-20-,27-25-,33-31-/t44-,45?,46?/m1/s1. The Morgan fingerprint density at radius 1 is 0.583 bits per heavy atom. The van der Waals surface area contributed by atoms with Gasteiger partial charge in [0.2, 0.25) is 0 Å². The van der Waals surface area contributed by atoms with Crippen LogP contribution < -0.4 is 0 Å². The minimum atomic E-state index is -4.45. The largest absolute Gasteiger partial charge is 0.472 e. The summed E-state index contributed by atoms with van der Waals surface area (Å²) in [5.41, 5.74) is 0. The minimum absolute atomic E-state index is 0.0174. The molecule has 12 heteroatoms. The number of phosphoric acid groups is 1. The number of ether oxygens (including phenoxy) is 2. The van der Waals surface area contributed by atoms with Crippen molar-refractivity contribution in [3.63, 3.8) is 0 Å². The zero-order valence-corrected chi connectivity index (χ0v) is 39.3. The van der Waals surface area contributed by atoms with Crippen LogP contribution in [-0.4, -0.2) is 97.3 Å². The molecule has 0 aromatic carbocycles. The summed E-state index contributed by atoms with van der Waals surface area (Å²) in [6.07, 6.45) is 40.1. The van der Waals surface area contributed by atoms with Gasteiger partial charge in [0.1, 0.15) is 19.8 Å². The first kappa shape index (κ1) is 57.6. The summed E-state index contributed by atoms with van der Waals surface area (Å²) >= 11 is 0. The van der Waals surface area contributed by atoms with Gasteiger partial charge in [-0.15, -0.1) is 0 Å². The number of unbranched alkanes of at least 4 members (excludes halogenated alkanes) is 13. The van der Waals surface area contributed by atoms with Gasteiger partial charge in [0.05, 0.1) is 40.0 Å². The number of rotatable bonds is 41. The van der Waals surface area contributed by atoms with Crippen LogP contribution in [0.1, 0.15) is 168 Å². The first-order chi connectivity index (χ1) is 28.8. The molecule has 60 heavy (non-hydrogen) atoms. The second-order valence-electron chi connectivity index (χ2n) is 16.7. The lowest BCUT2D eigenvalue weighted by Crippen LogP contribution is -2.37. The molecular weight excluding hydrogens is 781 g/mol. The Balaban J connectivity index is 4.58. The molecule has 0 aliphatic rings. The van der Waals surface area contributed by atoms with Crippen molar-refractivity contribution in [3.8, 4) is 0 Å². The third kappa shape index (κ3) is 41.0. The molecule has 0 bridgehead atoms. The van der Waals surface area contributed by atoms with Crippen molar-refractivity contribution in [2.24, 2.45) is 0 Å². The Labute approximate surface area is 365 Å². The molecular formula is C48H87NO10P+. The van der Waals surface area contributed by atoms with Crippen LogP contribution in [0, 0.1) is 0 Å². The highest BCUT2D eigenvalue weighted by atomic mass is 31.2. The third-order valence-electron chi connectivity index (χ3n) is 9.72. The van der Waals surface area contributed by atoms with Gasteiger partial charge in [-0.05, 0) is 83.5 Å². The number of esters is 2. The van der Waals surface area contributed by atoms with Gasteiger partial charge < -0.3 is 29.1 Å². The molecule has 0 radical (unpaired) electrons. The topological polar surface area (TPSA) is 149 Å². The molecule has 348 valence electrons. The zero-order valence-electron chi connectivity index (χ0n) is 38.4.